The Labute approximate surface area is 73.4 Å². The Morgan fingerprint density at radius 2 is 1.33 bits per heavy atom. The minimum absolute atomic E-state index is 0. The van der Waals surface area contributed by atoms with E-state index in [1.54, 1.807) is 0 Å². The molecule has 0 spiro atoms. The van der Waals surface area contributed by atoms with Gasteiger partial charge in [-0.3, -0.25) is 0 Å². The summed E-state index contributed by atoms with van der Waals surface area (Å²) in [7, 11) is 0. The van der Waals surface area contributed by atoms with Gasteiger partial charge in [-0.1, -0.05) is 0 Å². The summed E-state index contributed by atoms with van der Waals surface area (Å²) in [5, 5.41) is 9.00. The Kier molecular flexibility index (Phi) is 14.8. The van der Waals surface area contributed by atoms with Gasteiger partial charge in [-0.25, -0.2) is 0 Å². The second kappa shape index (κ2) is 8.28. The molecule has 0 unspecified atom stereocenters. The Bertz CT molecular complexity index is 168. The van der Waals surface area contributed by atoms with Crippen molar-refractivity contribution in [3.05, 3.63) is 10.1 Å². The van der Waals surface area contributed by atoms with Crippen LogP contribution < -0.4 is 29.6 Å². The molecule has 0 bridgehead atoms. The predicted octanol–water partition coefficient (Wildman–Crippen LogP) is -3.66. The van der Waals surface area contributed by atoms with Crippen LogP contribution in [0.1, 0.15) is 0 Å². The molecule has 0 radical (unpaired) electrons. The van der Waals surface area contributed by atoms with Crippen LogP contribution >= 0.6 is 0 Å². The van der Waals surface area contributed by atoms with Gasteiger partial charge >= 0.3 is 58.2 Å². The van der Waals surface area contributed by atoms with Crippen molar-refractivity contribution in [3.8, 4) is 0 Å². The summed E-state index contributed by atoms with van der Waals surface area (Å²) >= 11 is -5.38. The zero-order valence-electron chi connectivity index (χ0n) is 4.31. The first kappa shape index (κ1) is 16.1. The van der Waals surface area contributed by atoms with Crippen LogP contribution in [0.15, 0.2) is 5.34 Å². The molecule has 7 nitrogen and oxygen atoms in total. The molecule has 9 heavy (non-hydrogen) atoms. The van der Waals surface area contributed by atoms with E-state index in [1.807, 2.05) is 0 Å². The molecule has 9 heteroatoms. The summed E-state index contributed by atoms with van der Waals surface area (Å²) in [5.41, 5.74) is 0. The first-order valence-electron chi connectivity index (χ1n) is 0.997. The third-order valence-electron chi connectivity index (χ3n) is 0. The topological polar surface area (TPSA) is 124 Å². The molecular formula is HMnNNaO6. The molecule has 0 aliphatic carbocycles. The molecule has 0 aliphatic rings. The first-order valence-corrected chi connectivity index (χ1v) is 2.97. The van der Waals surface area contributed by atoms with E-state index in [2.05, 4.69) is 0 Å². The molecule has 0 aromatic heterocycles. The van der Waals surface area contributed by atoms with Crippen molar-refractivity contribution in [1.29, 1.82) is 0 Å². The van der Waals surface area contributed by atoms with E-state index in [9.17, 15) is 0 Å². The third-order valence-corrected chi connectivity index (χ3v) is 0. The zero-order valence-corrected chi connectivity index (χ0v) is 7.49. The summed E-state index contributed by atoms with van der Waals surface area (Å²) in [4.78, 5) is 8.00. The summed E-state index contributed by atoms with van der Waals surface area (Å²) in [6.45, 7) is 0. The quantitative estimate of drug-likeness (QED) is 0.238. The molecule has 0 fully saturated rings. The molecule has 0 rings (SSSR count). The van der Waals surface area contributed by atoms with E-state index in [0.717, 1.165) is 5.34 Å². The van der Waals surface area contributed by atoms with Crippen molar-refractivity contribution >= 4 is 0 Å². The van der Waals surface area contributed by atoms with Gasteiger partial charge in [-0.2, -0.15) is 0 Å². The monoisotopic (exact) mass is 189 g/mol. The summed E-state index contributed by atoms with van der Waals surface area (Å²) in [6.07, 6.45) is 0. The molecule has 0 saturated heterocycles. The standard InChI is InChI=1S/Mn.HNO2.Na.H2O.3O/c;2-1-3;;;;;/h;(H,2,3);;1H2;;;/q+1;;+1;;;;/p-2. The van der Waals surface area contributed by atoms with Gasteiger partial charge in [0.05, 0.1) is 0 Å². The minimum atomic E-state index is -5.38. The van der Waals surface area contributed by atoms with Gasteiger partial charge < -0.3 is 10.1 Å². The van der Waals surface area contributed by atoms with Gasteiger partial charge in [0, 0.05) is 0 Å². The third kappa shape index (κ3) is 4180. The van der Waals surface area contributed by atoms with Crippen molar-refractivity contribution in [2.75, 3.05) is 0 Å². The van der Waals surface area contributed by atoms with E-state index in [0.29, 0.717) is 0 Å². The molecule has 0 aromatic rings. The van der Waals surface area contributed by atoms with E-state index < -0.39 is 13.0 Å². The zero-order chi connectivity index (χ0) is 7.21. The number of hydrogen-bond acceptors (Lipinski definition) is 6. The van der Waals surface area contributed by atoms with Gasteiger partial charge in [0.2, 0.25) is 0 Å². The fourth-order valence-electron chi connectivity index (χ4n) is 0. The van der Waals surface area contributed by atoms with E-state index in [4.69, 9.17) is 25.8 Å². The molecule has 0 atom stereocenters. The average Bonchev–Trinajstić information content (AvgIpc) is 1.27. The Hall–Kier alpha value is 0.279. The van der Waals surface area contributed by atoms with E-state index in [1.165, 1.54) is 0 Å². The summed E-state index contributed by atoms with van der Waals surface area (Å²) < 4.78 is 33.1. The van der Waals surface area contributed by atoms with Crippen LogP contribution in [-0.2, 0) is 24.5 Å². The SMILES string of the molecule is O=N[O-].[Na+].[O]=[Mn](=[O])(=[O])[OH]. The predicted molar refractivity (Wildman–Crippen MR) is 13.4 cm³/mol. The van der Waals surface area contributed by atoms with Crippen LogP contribution in [0.3, 0.4) is 0 Å². The molecular weight excluding hydrogens is 188 g/mol. The van der Waals surface area contributed by atoms with Crippen molar-refractivity contribution in [1.82, 2.24) is 0 Å². The van der Waals surface area contributed by atoms with Gasteiger partial charge in [0.25, 0.3) is 0 Å². The maximum atomic E-state index is 8.69. The fraction of sp³-hybridized carbons (Fsp3) is 0. The van der Waals surface area contributed by atoms with Crippen molar-refractivity contribution in [3.63, 3.8) is 0 Å². The second-order valence-electron chi connectivity index (χ2n) is 0.471. The van der Waals surface area contributed by atoms with Gasteiger partial charge in [-0.15, -0.1) is 5.34 Å². The molecule has 0 amide bonds. The van der Waals surface area contributed by atoms with Crippen LogP contribution in [0.2, 0.25) is 0 Å². The first-order chi connectivity index (χ1) is 3.41. The molecule has 50 valence electrons. The van der Waals surface area contributed by atoms with Crippen LogP contribution in [0.5, 0.6) is 0 Å². The van der Waals surface area contributed by atoms with E-state index in [-0.39, 0.29) is 29.6 Å². The number of hydrogen-bond donors (Lipinski definition) is 1. The molecule has 0 heterocycles. The number of nitrogens with zero attached hydrogens (tertiary/aromatic N) is 1. The van der Waals surface area contributed by atoms with Gasteiger partial charge in [-0.05, 0) is 0 Å². The van der Waals surface area contributed by atoms with Gasteiger partial charge in [0.15, 0.2) is 0 Å². The second-order valence-corrected chi connectivity index (χ2v) is 1.71. The van der Waals surface area contributed by atoms with Gasteiger partial charge in [0.1, 0.15) is 0 Å². The van der Waals surface area contributed by atoms with Crippen molar-refractivity contribution in [2.24, 2.45) is 5.34 Å². The molecule has 0 aliphatic heterocycles. The maximum absolute atomic E-state index is 8.69. The van der Waals surface area contributed by atoms with Crippen LogP contribution in [0.4, 0.5) is 0 Å². The van der Waals surface area contributed by atoms with Crippen LogP contribution in [0, 0.1) is 10.1 Å². The van der Waals surface area contributed by atoms with Crippen molar-refractivity contribution in [2.45, 2.75) is 0 Å². The van der Waals surface area contributed by atoms with Crippen LogP contribution in [0.25, 0.3) is 0 Å². The van der Waals surface area contributed by atoms with Crippen LogP contribution in [-0.4, -0.2) is 4.19 Å². The Morgan fingerprint density at radius 1 is 1.33 bits per heavy atom. The molecule has 0 saturated carbocycles. The number of rotatable bonds is 0. The summed E-state index contributed by atoms with van der Waals surface area (Å²) in [5.74, 6) is 0. The van der Waals surface area contributed by atoms with Crippen molar-refractivity contribution < 1.29 is 58.2 Å². The average molecular weight is 189 g/mol. The molecule has 1 N–H and O–H groups in total. The fourth-order valence-corrected chi connectivity index (χ4v) is 0. The molecule has 0 aromatic carbocycles. The Morgan fingerprint density at radius 3 is 1.33 bits per heavy atom. The van der Waals surface area contributed by atoms with E-state index >= 15 is 0 Å². The Balaban J connectivity index is -0.0000000800. The normalized spacial score (nSPS) is 7.67. The summed E-state index contributed by atoms with van der Waals surface area (Å²) in [6, 6.07) is 0.